The van der Waals surface area contributed by atoms with E-state index < -0.39 is 12.1 Å². The highest BCUT2D eigenvalue weighted by molar-refractivity contribution is 7.09. The van der Waals surface area contributed by atoms with Gasteiger partial charge in [0.05, 0.1) is 6.04 Å². The van der Waals surface area contributed by atoms with Gasteiger partial charge in [-0.3, -0.25) is 0 Å². The quantitative estimate of drug-likeness (QED) is 0.832. The maximum absolute atomic E-state index is 11.6. The number of hydrogen-bond donors (Lipinski definition) is 1. The van der Waals surface area contributed by atoms with Crippen molar-refractivity contribution in [3.8, 4) is 0 Å². The summed E-state index contributed by atoms with van der Waals surface area (Å²) < 4.78 is 5.07. The van der Waals surface area contributed by atoms with E-state index in [0.717, 1.165) is 16.7 Å². The number of carbonyl (C=O) groups is 2. The highest BCUT2D eigenvalue weighted by Crippen LogP contribution is 2.10. The van der Waals surface area contributed by atoms with Crippen LogP contribution in [0.25, 0.3) is 0 Å². The van der Waals surface area contributed by atoms with Gasteiger partial charge in [0.15, 0.2) is 0 Å². The fraction of sp³-hybridized carbons (Fsp3) is 0.200. The van der Waals surface area contributed by atoms with E-state index in [1.165, 1.54) is 0 Å². The second-order valence-corrected chi connectivity index (χ2v) is 5.26. The van der Waals surface area contributed by atoms with Crippen LogP contribution in [0.2, 0.25) is 0 Å². The van der Waals surface area contributed by atoms with Crippen molar-refractivity contribution >= 4 is 23.7 Å². The summed E-state index contributed by atoms with van der Waals surface area (Å²) in [6, 6.07) is 12.7. The van der Waals surface area contributed by atoms with Gasteiger partial charge in [-0.1, -0.05) is 36.4 Å². The van der Waals surface area contributed by atoms with Gasteiger partial charge in [-0.25, -0.2) is 4.79 Å². The van der Waals surface area contributed by atoms with E-state index in [1.807, 2.05) is 47.8 Å². The van der Waals surface area contributed by atoms with Crippen LogP contribution in [0.4, 0.5) is 4.79 Å². The molecule has 2 aromatic rings. The first-order valence-corrected chi connectivity index (χ1v) is 7.11. The first-order chi connectivity index (χ1) is 9.78. The SMILES string of the molecule is O=CC(Cc1cccs1)NC(=O)OCc1ccccc1. The van der Waals surface area contributed by atoms with Crippen LogP contribution in [-0.4, -0.2) is 18.4 Å². The van der Waals surface area contributed by atoms with Crippen LogP contribution in [0.15, 0.2) is 47.8 Å². The lowest BCUT2D eigenvalue weighted by Gasteiger charge is -2.12. The Balaban J connectivity index is 1.79. The van der Waals surface area contributed by atoms with Crippen LogP contribution >= 0.6 is 11.3 Å². The third kappa shape index (κ3) is 4.51. The third-order valence-corrected chi connectivity index (χ3v) is 3.58. The summed E-state index contributed by atoms with van der Waals surface area (Å²) in [6.45, 7) is 0.192. The lowest BCUT2D eigenvalue weighted by Crippen LogP contribution is -2.37. The Labute approximate surface area is 121 Å². The van der Waals surface area contributed by atoms with Crippen LogP contribution in [0, 0.1) is 0 Å². The fourth-order valence-electron chi connectivity index (χ4n) is 1.69. The van der Waals surface area contributed by atoms with Gasteiger partial charge in [0, 0.05) is 11.3 Å². The van der Waals surface area contributed by atoms with Gasteiger partial charge in [-0.2, -0.15) is 0 Å². The summed E-state index contributed by atoms with van der Waals surface area (Å²) in [6.07, 6.45) is 0.632. The molecule has 104 valence electrons. The molecule has 1 atom stereocenters. The summed E-state index contributed by atoms with van der Waals surface area (Å²) in [7, 11) is 0. The van der Waals surface area contributed by atoms with E-state index in [4.69, 9.17) is 4.74 Å². The van der Waals surface area contributed by atoms with E-state index in [9.17, 15) is 9.59 Å². The zero-order valence-electron chi connectivity index (χ0n) is 10.8. The van der Waals surface area contributed by atoms with Crippen LogP contribution < -0.4 is 5.32 Å². The molecule has 1 heterocycles. The number of carbonyl (C=O) groups excluding carboxylic acids is 2. The first kappa shape index (κ1) is 14.3. The number of aldehydes is 1. The van der Waals surface area contributed by atoms with Crippen LogP contribution in [0.1, 0.15) is 10.4 Å². The lowest BCUT2D eigenvalue weighted by atomic mass is 10.2. The Morgan fingerprint density at radius 2 is 2.05 bits per heavy atom. The maximum atomic E-state index is 11.6. The largest absolute Gasteiger partial charge is 0.445 e. The van der Waals surface area contributed by atoms with Gasteiger partial charge >= 0.3 is 6.09 Å². The van der Waals surface area contributed by atoms with Gasteiger partial charge in [-0.05, 0) is 17.0 Å². The Hall–Kier alpha value is -2.14. The standard InChI is InChI=1S/C15H15NO3S/c17-10-13(9-14-7-4-8-20-14)16-15(18)19-11-12-5-2-1-3-6-12/h1-8,10,13H,9,11H2,(H,16,18). The molecule has 0 spiro atoms. The molecular weight excluding hydrogens is 274 g/mol. The minimum Gasteiger partial charge on any atom is -0.445 e. The van der Waals surface area contributed by atoms with Crippen LogP contribution in [0.3, 0.4) is 0 Å². The molecule has 1 aromatic carbocycles. The monoisotopic (exact) mass is 289 g/mol. The normalized spacial score (nSPS) is 11.6. The molecule has 2 rings (SSSR count). The molecule has 0 saturated heterocycles. The van der Waals surface area contributed by atoms with Crippen molar-refractivity contribution in [2.24, 2.45) is 0 Å². The molecule has 0 aliphatic carbocycles. The summed E-state index contributed by atoms with van der Waals surface area (Å²) in [5.41, 5.74) is 0.906. The Morgan fingerprint density at radius 1 is 1.25 bits per heavy atom. The predicted octanol–water partition coefficient (Wildman–Crippen LogP) is 2.78. The molecule has 0 aliphatic rings. The van der Waals surface area contributed by atoms with Crippen LogP contribution in [0.5, 0.6) is 0 Å². The van der Waals surface area contributed by atoms with E-state index >= 15 is 0 Å². The molecule has 5 heteroatoms. The average Bonchev–Trinajstić information content (AvgIpc) is 2.98. The third-order valence-electron chi connectivity index (χ3n) is 2.68. The molecule has 0 bridgehead atoms. The van der Waals surface area contributed by atoms with Crippen molar-refractivity contribution < 1.29 is 14.3 Å². The number of alkyl carbamates (subject to hydrolysis) is 1. The smallest absolute Gasteiger partial charge is 0.408 e. The second kappa shape index (κ2) is 7.45. The second-order valence-electron chi connectivity index (χ2n) is 4.23. The summed E-state index contributed by atoms with van der Waals surface area (Å²) in [4.78, 5) is 23.6. The molecular formula is C15H15NO3S. The van der Waals surface area contributed by atoms with Gasteiger partial charge < -0.3 is 14.8 Å². The number of hydrogen-bond acceptors (Lipinski definition) is 4. The summed E-state index contributed by atoms with van der Waals surface area (Å²) in [5, 5.41) is 4.49. The molecule has 4 nitrogen and oxygen atoms in total. The highest BCUT2D eigenvalue weighted by Gasteiger charge is 2.13. The molecule has 0 aliphatic heterocycles. The van der Waals surface area contributed by atoms with E-state index in [1.54, 1.807) is 11.3 Å². The number of ether oxygens (including phenoxy) is 1. The van der Waals surface area contributed by atoms with Crippen molar-refractivity contribution in [1.82, 2.24) is 5.32 Å². The summed E-state index contributed by atoms with van der Waals surface area (Å²) in [5.74, 6) is 0. The molecule has 1 amide bonds. The van der Waals surface area contributed by atoms with Crippen molar-refractivity contribution in [1.29, 1.82) is 0 Å². The zero-order chi connectivity index (χ0) is 14.2. The number of thiophene rings is 1. The van der Waals surface area contributed by atoms with Crippen LogP contribution in [-0.2, 0) is 22.6 Å². The minimum atomic E-state index is -0.581. The predicted molar refractivity (Wildman–Crippen MR) is 77.6 cm³/mol. The first-order valence-electron chi connectivity index (χ1n) is 6.23. The maximum Gasteiger partial charge on any atom is 0.408 e. The van der Waals surface area contributed by atoms with Gasteiger partial charge in [0.1, 0.15) is 12.9 Å². The van der Waals surface area contributed by atoms with Gasteiger partial charge in [-0.15, -0.1) is 11.3 Å². The van der Waals surface area contributed by atoms with Crippen molar-refractivity contribution in [3.63, 3.8) is 0 Å². The van der Waals surface area contributed by atoms with E-state index in [-0.39, 0.29) is 6.61 Å². The summed E-state index contributed by atoms with van der Waals surface area (Å²) >= 11 is 1.55. The Kier molecular flexibility index (Phi) is 5.32. The molecule has 1 N–H and O–H groups in total. The van der Waals surface area contributed by atoms with Crippen molar-refractivity contribution in [2.45, 2.75) is 19.1 Å². The van der Waals surface area contributed by atoms with Crippen molar-refractivity contribution in [3.05, 3.63) is 58.3 Å². The molecule has 20 heavy (non-hydrogen) atoms. The minimum absolute atomic E-state index is 0.192. The number of nitrogens with one attached hydrogen (secondary N) is 1. The zero-order valence-corrected chi connectivity index (χ0v) is 11.6. The van der Waals surface area contributed by atoms with E-state index in [0.29, 0.717) is 6.42 Å². The van der Waals surface area contributed by atoms with Gasteiger partial charge in [0.2, 0.25) is 0 Å². The number of amides is 1. The van der Waals surface area contributed by atoms with E-state index in [2.05, 4.69) is 5.32 Å². The molecule has 1 aromatic heterocycles. The Bertz CT molecular complexity index is 540. The highest BCUT2D eigenvalue weighted by atomic mass is 32.1. The molecule has 0 saturated carbocycles. The molecule has 0 radical (unpaired) electrons. The molecule has 0 fully saturated rings. The average molecular weight is 289 g/mol. The number of benzene rings is 1. The fourth-order valence-corrected chi connectivity index (χ4v) is 2.46. The lowest BCUT2D eigenvalue weighted by molar-refractivity contribution is -0.109. The Morgan fingerprint density at radius 3 is 2.70 bits per heavy atom. The van der Waals surface area contributed by atoms with Gasteiger partial charge in [0.25, 0.3) is 0 Å². The number of rotatable bonds is 6. The molecule has 1 unspecified atom stereocenters. The topological polar surface area (TPSA) is 55.4 Å². The van der Waals surface area contributed by atoms with Crippen molar-refractivity contribution in [2.75, 3.05) is 0 Å².